The van der Waals surface area contributed by atoms with Crippen molar-refractivity contribution < 1.29 is 4.79 Å². The Morgan fingerprint density at radius 1 is 1.37 bits per heavy atom. The summed E-state index contributed by atoms with van der Waals surface area (Å²) in [6.07, 6.45) is 0. The molecule has 1 unspecified atom stereocenters. The van der Waals surface area contributed by atoms with E-state index in [1.54, 1.807) is 0 Å². The normalized spacial score (nSPS) is 22.9. The average Bonchev–Trinajstić information content (AvgIpc) is 2.47. The van der Waals surface area contributed by atoms with Crippen molar-refractivity contribution in [3.8, 4) is 6.07 Å². The van der Waals surface area contributed by atoms with Crippen LogP contribution in [0.4, 0.5) is 5.69 Å². The molecule has 2 saturated heterocycles. The monoisotopic (exact) mass is 256 g/mol. The topological polar surface area (TPSA) is 59.4 Å². The van der Waals surface area contributed by atoms with E-state index in [4.69, 9.17) is 5.26 Å². The second-order valence-corrected chi connectivity index (χ2v) is 4.98. The Morgan fingerprint density at radius 2 is 2.26 bits per heavy atom. The molecular formula is C14H16N4O. The zero-order valence-electron chi connectivity index (χ0n) is 10.7. The van der Waals surface area contributed by atoms with Crippen molar-refractivity contribution in [3.63, 3.8) is 0 Å². The molecule has 2 aliphatic heterocycles. The number of carbonyl (C=O) groups is 1. The Labute approximate surface area is 112 Å². The van der Waals surface area contributed by atoms with E-state index >= 15 is 0 Å². The lowest BCUT2D eigenvalue weighted by Gasteiger charge is -2.45. The Bertz CT molecular complexity index is 536. The van der Waals surface area contributed by atoms with Crippen LogP contribution in [0.15, 0.2) is 24.3 Å². The van der Waals surface area contributed by atoms with Crippen molar-refractivity contribution in [2.24, 2.45) is 0 Å². The molecule has 98 valence electrons. The maximum atomic E-state index is 11.8. The number of benzene rings is 1. The third kappa shape index (κ3) is 2.27. The van der Waals surface area contributed by atoms with Crippen LogP contribution in [0.1, 0.15) is 5.56 Å². The van der Waals surface area contributed by atoms with Crippen LogP contribution in [0.25, 0.3) is 0 Å². The van der Waals surface area contributed by atoms with E-state index in [0.717, 1.165) is 31.9 Å². The summed E-state index contributed by atoms with van der Waals surface area (Å²) in [6.45, 7) is 3.73. The first kappa shape index (κ1) is 12.0. The number of amides is 1. The van der Waals surface area contributed by atoms with Gasteiger partial charge in [0.25, 0.3) is 0 Å². The van der Waals surface area contributed by atoms with Gasteiger partial charge in [0.1, 0.15) is 0 Å². The van der Waals surface area contributed by atoms with E-state index < -0.39 is 0 Å². The summed E-state index contributed by atoms with van der Waals surface area (Å²) in [5, 5.41) is 12.1. The van der Waals surface area contributed by atoms with Gasteiger partial charge in [-0.1, -0.05) is 6.07 Å². The molecule has 1 amide bonds. The molecule has 0 spiro atoms. The van der Waals surface area contributed by atoms with Crippen LogP contribution >= 0.6 is 0 Å². The van der Waals surface area contributed by atoms with Gasteiger partial charge in [-0.05, 0) is 18.2 Å². The number of nitrogens with zero attached hydrogens (tertiary/aromatic N) is 3. The van der Waals surface area contributed by atoms with Crippen molar-refractivity contribution >= 4 is 11.6 Å². The van der Waals surface area contributed by atoms with E-state index in [9.17, 15) is 4.79 Å². The first-order chi connectivity index (χ1) is 9.28. The van der Waals surface area contributed by atoms with Crippen LogP contribution in [-0.4, -0.2) is 49.6 Å². The molecule has 1 aromatic carbocycles. The molecule has 2 aliphatic rings. The van der Waals surface area contributed by atoms with Gasteiger partial charge in [0.15, 0.2) is 0 Å². The molecular weight excluding hydrogens is 240 g/mol. The molecule has 1 N–H and O–H groups in total. The molecule has 5 nitrogen and oxygen atoms in total. The summed E-state index contributed by atoms with van der Waals surface area (Å²) in [5.74, 6) is 0.196. The highest BCUT2D eigenvalue weighted by atomic mass is 16.2. The van der Waals surface area contributed by atoms with Gasteiger partial charge >= 0.3 is 0 Å². The van der Waals surface area contributed by atoms with Crippen LogP contribution in [0.3, 0.4) is 0 Å². The van der Waals surface area contributed by atoms with Crippen LogP contribution < -0.4 is 10.2 Å². The van der Waals surface area contributed by atoms with Crippen LogP contribution in [0.5, 0.6) is 0 Å². The summed E-state index contributed by atoms with van der Waals surface area (Å²) in [5.41, 5.74) is 1.74. The highest BCUT2D eigenvalue weighted by Crippen LogP contribution is 2.21. The molecule has 0 radical (unpaired) electrons. The number of piperazine rings is 2. The summed E-state index contributed by atoms with van der Waals surface area (Å²) < 4.78 is 0. The Kier molecular flexibility index (Phi) is 3.10. The highest BCUT2D eigenvalue weighted by molar-refractivity contribution is 5.80. The summed E-state index contributed by atoms with van der Waals surface area (Å²) in [6, 6.07) is 10.1. The fourth-order valence-electron chi connectivity index (χ4n) is 2.81. The largest absolute Gasteiger partial charge is 0.368 e. The van der Waals surface area contributed by atoms with Gasteiger partial charge in [0, 0.05) is 31.9 Å². The number of hydrogen-bond donors (Lipinski definition) is 1. The lowest BCUT2D eigenvalue weighted by molar-refractivity contribution is -0.135. The molecule has 0 saturated carbocycles. The molecule has 2 heterocycles. The predicted molar refractivity (Wildman–Crippen MR) is 71.7 cm³/mol. The molecule has 2 fully saturated rings. The van der Waals surface area contributed by atoms with Crippen molar-refractivity contribution in [2.45, 2.75) is 6.04 Å². The van der Waals surface area contributed by atoms with Crippen LogP contribution in [0.2, 0.25) is 0 Å². The number of fused-ring (bicyclic) bond motifs is 1. The van der Waals surface area contributed by atoms with Crippen molar-refractivity contribution in [1.82, 2.24) is 10.2 Å². The van der Waals surface area contributed by atoms with Gasteiger partial charge in [0.2, 0.25) is 5.91 Å². The maximum Gasteiger partial charge on any atom is 0.236 e. The van der Waals surface area contributed by atoms with E-state index in [-0.39, 0.29) is 11.9 Å². The second-order valence-electron chi connectivity index (χ2n) is 4.98. The number of nitrogens with one attached hydrogen (secondary N) is 1. The standard InChI is InChI=1S/C14H16N4O/c15-7-11-2-1-3-12(6-11)17-4-5-18-13(10-17)8-16-9-14(18)19/h1-3,6,13,16H,4-5,8-10H2. The van der Waals surface area contributed by atoms with Gasteiger partial charge in [-0.2, -0.15) is 5.26 Å². The van der Waals surface area contributed by atoms with Crippen molar-refractivity contribution in [1.29, 1.82) is 5.26 Å². The number of carbonyl (C=O) groups excluding carboxylic acids is 1. The molecule has 0 aliphatic carbocycles. The number of nitriles is 1. The smallest absolute Gasteiger partial charge is 0.236 e. The zero-order chi connectivity index (χ0) is 13.2. The average molecular weight is 256 g/mol. The van der Waals surface area contributed by atoms with Gasteiger partial charge in [-0.15, -0.1) is 0 Å². The van der Waals surface area contributed by atoms with Gasteiger partial charge in [0.05, 0.1) is 24.2 Å². The van der Waals surface area contributed by atoms with E-state index in [1.807, 2.05) is 29.2 Å². The quantitative estimate of drug-likeness (QED) is 0.778. The lowest BCUT2D eigenvalue weighted by Crippen LogP contribution is -2.63. The van der Waals surface area contributed by atoms with Crippen LogP contribution in [0, 0.1) is 11.3 Å². The number of hydrogen-bond acceptors (Lipinski definition) is 4. The van der Waals surface area contributed by atoms with Gasteiger partial charge in [-0.3, -0.25) is 4.79 Å². The molecule has 19 heavy (non-hydrogen) atoms. The zero-order valence-corrected chi connectivity index (χ0v) is 10.7. The van der Waals surface area contributed by atoms with E-state index in [2.05, 4.69) is 16.3 Å². The maximum absolute atomic E-state index is 11.8. The Hall–Kier alpha value is -2.06. The third-order valence-corrected chi connectivity index (χ3v) is 3.80. The number of rotatable bonds is 1. The van der Waals surface area contributed by atoms with Crippen molar-refractivity contribution in [3.05, 3.63) is 29.8 Å². The second kappa shape index (κ2) is 4.90. The number of anilines is 1. The Morgan fingerprint density at radius 3 is 3.11 bits per heavy atom. The molecule has 0 bridgehead atoms. The van der Waals surface area contributed by atoms with E-state index in [1.165, 1.54) is 0 Å². The van der Waals surface area contributed by atoms with E-state index in [0.29, 0.717) is 12.1 Å². The fraction of sp³-hybridized carbons (Fsp3) is 0.429. The summed E-state index contributed by atoms with van der Waals surface area (Å²) in [7, 11) is 0. The molecule has 3 rings (SSSR count). The minimum Gasteiger partial charge on any atom is -0.368 e. The molecule has 1 aromatic rings. The predicted octanol–water partition coefficient (Wildman–Crippen LogP) is 0.179. The molecule has 0 aromatic heterocycles. The van der Waals surface area contributed by atoms with Crippen molar-refractivity contribution in [2.75, 3.05) is 37.6 Å². The summed E-state index contributed by atoms with van der Waals surface area (Å²) >= 11 is 0. The Balaban J connectivity index is 1.77. The SMILES string of the molecule is N#Cc1cccc(N2CCN3C(=O)CNCC3C2)c1. The first-order valence-corrected chi connectivity index (χ1v) is 6.53. The van der Waals surface area contributed by atoms with Gasteiger partial charge in [-0.25, -0.2) is 0 Å². The molecule has 1 atom stereocenters. The highest BCUT2D eigenvalue weighted by Gasteiger charge is 2.32. The first-order valence-electron chi connectivity index (χ1n) is 6.53. The van der Waals surface area contributed by atoms with Crippen LogP contribution in [-0.2, 0) is 4.79 Å². The molecule has 5 heteroatoms. The van der Waals surface area contributed by atoms with Gasteiger partial charge < -0.3 is 15.1 Å². The minimum absolute atomic E-state index is 0.196. The fourth-order valence-corrected chi connectivity index (χ4v) is 2.81. The third-order valence-electron chi connectivity index (χ3n) is 3.80. The minimum atomic E-state index is 0.196. The lowest BCUT2D eigenvalue weighted by atomic mass is 10.1. The summed E-state index contributed by atoms with van der Waals surface area (Å²) in [4.78, 5) is 16.0.